The van der Waals surface area contributed by atoms with Gasteiger partial charge >= 0.3 is 0 Å². The minimum absolute atomic E-state index is 0.0621. The van der Waals surface area contributed by atoms with Crippen molar-refractivity contribution in [3.8, 4) is 5.82 Å². The molecular weight excluding hydrogens is 404 g/mol. The van der Waals surface area contributed by atoms with Crippen molar-refractivity contribution in [2.75, 3.05) is 10.6 Å². The second-order valence-electron chi connectivity index (χ2n) is 7.25. The zero-order valence-electron chi connectivity index (χ0n) is 17.2. The number of rotatable bonds is 6. The number of hydrogen-bond acceptors (Lipinski definition) is 6. The normalized spacial score (nSPS) is 11.9. The van der Waals surface area contributed by atoms with Crippen molar-refractivity contribution in [1.29, 1.82) is 0 Å². The second kappa shape index (κ2) is 8.31. The Morgan fingerprint density at radius 3 is 2.78 bits per heavy atom. The van der Waals surface area contributed by atoms with E-state index in [1.165, 1.54) is 12.5 Å². The smallest absolute Gasteiger partial charge is 0.273 e. The average Bonchev–Trinajstić information content (AvgIpc) is 3.50. The van der Waals surface area contributed by atoms with Gasteiger partial charge in [-0.25, -0.2) is 15.0 Å². The molecule has 0 aliphatic heterocycles. The maximum absolute atomic E-state index is 12.2. The number of fused-ring (bicyclic) bond motifs is 1. The van der Waals surface area contributed by atoms with E-state index in [2.05, 4.69) is 54.6 Å². The van der Waals surface area contributed by atoms with E-state index in [1.54, 1.807) is 12.5 Å². The van der Waals surface area contributed by atoms with Gasteiger partial charge in [-0.15, -0.1) is 0 Å². The van der Waals surface area contributed by atoms with Crippen LogP contribution in [0.2, 0.25) is 0 Å². The molecule has 0 saturated heterocycles. The zero-order valence-corrected chi connectivity index (χ0v) is 17.2. The molecular formula is C23H20N8O. The van der Waals surface area contributed by atoms with Gasteiger partial charge in [0.15, 0.2) is 0 Å². The Bertz CT molecular complexity index is 1360. The van der Waals surface area contributed by atoms with Gasteiger partial charge in [-0.05, 0) is 36.8 Å². The van der Waals surface area contributed by atoms with Crippen molar-refractivity contribution in [2.45, 2.75) is 13.0 Å². The van der Waals surface area contributed by atoms with Crippen molar-refractivity contribution in [1.82, 2.24) is 29.5 Å². The molecule has 158 valence electrons. The highest BCUT2D eigenvalue weighted by Crippen LogP contribution is 2.22. The molecule has 5 aromatic rings. The Morgan fingerprint density at radius 1 is 1.09 bits per heavy atom. The number of amides is 1. The van der Waals surface area contributed by atoms with Crippen molar-refractivity contribution in [3.63, 3.8) is 0 Å². The van der Waals surface area contributed by atoms with Crippen molar-refractivity contribution in [3.05, 3.63) is 90.9 Å². The zero-order chi connectivity index (χ0) is 21.9. The molecule has 0 spiro atoms. The van der Waals surface area contributed by atoms with E-state index in [0.717, 1.165) is 16.6 Å². The van der Waals surface area contributed by atoms with Gasteiger partial charge in [0.05, 0.1) is 29.6 Å². The summed E-state index contributed by atoms with van der Waals surface area (Å²) in [5.41, 5.74) is 3.79. The lowest BCUT2D eigenvalue weighted by atomic mass is 10.1. The van der Waals surface area contributed by atoms with E-state index in [1.807, 2.05) is 47.0 Å². The predicted molar refractivity (Wildman–Crippen MR) is 122 cm³/mol. The number of carbonyl (C=O) groups is 1. The van der Waals surface area contributed by atoms with Gasteiger partial charge in [0.1, 0.15) is 17.8 Å². The Hall–Kier alpha value is -4.53. The van der Waals surface area contributed by atoms with Crippen LogP contribution >= 0.6 is 0 Å². The van der Waals surface area contributed by atoms with Gasteiger partial charge in [-0.2, -0.15) is 4.98 Å². The van der Waals surface area contributed by atoms with Crippen LogP contribution in [-0.2, 0) is 0 Å². The Kier molecular flexibility index (Phi) is 5.04. The van der Waals surface area contributed by atoms with E-state index in [0.29, 0.717) is 23.1 Å². The summed E-state index contributed by atoms with van der Waals surface area (Å²) >= 11 is 0. The van der Waals surface area contributed by atoms with Gasteiger partial charge in [-0.1, -0.05) is 30.3 Å². The van der Waals surface area contributed by atoms with E-state index in [-0.39, 0.29) is 11.9 Å². The molecule has 2 aromatic carbocycles. The molecule has 0 aliphatic rings. The summed E-state index contributed by atoms with van der Waals surface area (Å²) in [4.78, 5) is 32.4. The summed E-state index contributed by atoms with van der Waals surface area (Å²) < 4.78 is 1.88. The fourth-order valence-corrected chi connectivity index (χ4v) is 3.42. The molecule has 0 radical (unpaired) electrons. The second-order valence-corrected chi connectivity index (χ2v) is 7.25. The fourth-order valence-electron chi connectivity index (χ4n) is 3.42. The van der Waals surface area contributed by atoms with Crippen molar-refractivity contribution >= 4 is 28.6 Å². The summed E-state index contributed by atoms with van der Waals surface area (Å²) in [6.07, 6.45) is 6.36. The molecule has 9 heteroatoms. The number of hydrogen-bond donors (Lipinski definition) is 3. The lowest BCUT2D eigenvalue weighted by Crippen LogP contribution is -2.12. The molecule has 1 atom stereocenters. The van der Waals surface area contributed by atoms with Crippen LogP contribution in [0.15, 0.2) is 79.6 Å². The maximum atomic E-state index is 12.2. The third-order valence-electron chi connectivity index (χ3n) is 5.08. The Labute approximate surface area is 183 Å². The first kappa shape index (κ1) is 19.4. The standard InChI is InChI=1S/C23H20N8O/c1-15(16-5-3-2-4-6-16)28-23-25-10-9-21(30-23)31-14-27-18-11-17(7-8-20(18)31)29-22(32)19-12-24-13-26-19/h2-15H,1H3,(H,24,26)(H,29,32)(H,25,28,30). The largest absolute Gasteiger partial charge is 0.348 e. The predicted octanol–water partition coefficient (Wildman–Crippen LogP) is 3.96. The number of benzene rings is 2. The number of nitrogens with zero attached hydrogens (tertiary/aromatic N) is 5. The van der Waals surface area contributed by atoms with E-state index in [9.17, 15) is 4.79 Å². The summed E-state index contributed by atoms with van der Waals surface area (Å²) in [6.45, 7) is 2.07. The quantitative estimate of drug-likeness (QED) is 0.380. The highest BCUT2D eigenvalue weighted by molar-refractivity contribution is 6.03. The van der Waals surface area contributed by atoms with Gasteiger partial charge in [0.2, 0.25) is 5.95 Å². The summed E-state index contributed by atoms with van der Waals surface area (Å²) in [5.74, 6) is 0.962. The molecule has 3 aromatic heterocycles. The molecule has 0 aliphatic carbocycles. The first-order valence-corrected chi connectivity index (χ1v) is 10.1. The van der Waals surface area contributed by atoms with Gasteiger partial charge in [0, 0.05) is 11.9 Å². The van der Waals surface area contributed by atoms with Crippen LogP contribution in [0.4, 0.5) is 11.6 Å². The van der Waals surface area contributed by atoms with Crippen LogP contribution < -0.4 is 10.6 Å². The first-order valence-electron chi connectivity index (χ1n) is 10.1. The van der Waals surface area contributed by atoms with Crippen molar-refractivity contribution < 1.29 is 4.79 Å². The molecule has 0 saturated carbocycles. The molecule has 32 heavy (non-hydrogen) atoms. The molecule has 0 fully saturated rings. The Morgan fingerprint density at radius 2 is 1.97 bits per heavy atom. The lowest BCUT2D eigenvalue weighted by Gasteiger charge is -2.14. The molecule has 5 rings (SSSR count). The van der Waals surface area contributed by atoms with Crippen LogP contribution in [0.25, 0.3) is 16.9 Å². The summed E-state index contributed by atoms with van der Waals surface area (Å²) in [6, 6.07) is 17.6. The maximum Gasteiger partial charge on any atom is 0.273 e. The van der Waals surface area contributed by atoms with Crippen LogP contribution in [-0.4, -0.2) is 35.4 Å². The monoisotopic (exact) mass is 424 g/mol. The average molecular weight is 424 g/mol. The van der Waals surface area contributed by atoms with Crippen LogP contribution in [0.5, 0.6) is 0 Å². The molecule has 3 N–H and O–H groups in total. The highest BCUT2D eigenvalue weighted by Gasteiger charge is 2.12. The third-order valence-corrected chi connectivity index (χ3v) is 5.08. The topological polar surface area (TPSA) is 113 Å². The molecule has 1 unspecified atom stereocenters. The van der Waals surface area contributed by atoms with Crippen LogP contribution in [0, 0.1) is 0 Å². The van der Waals surface area contributed by atoms with Gasteiger partial charge in [-0.3, -0.25) is 9.36 Å². The molecule has 1 amide bonds. The SMILES string of the molecule is CC(Nc1nccc(-n2cnc3cc(NC(=O)c4cnc[nH]4)ccc32)n1)c1ccccc1. The number of anilines is 2. The number of H-pyrrole nitrogens is 1. The minimum Gasteiger partial charge on any atom is -0.348 e. The van der Waals surface area contributed by atoms with Gasteiger partial charge in [0.25, 0.3) is 5.91 Å². The van der Waals surface area contributed by atoms with Crippen LogP contribution in [0.1, 0.15) is 29.0 Å². The van der Waals surface area contributed by atoms with E-state index >= 15 is 0 Å². The summed E-state index contributed by atoms with van der Waals surface area (Å²) in [7, 11) is 0. The van der Waals surface area contributed by atoms with E-state index < -0.39 is 0 Å². The van der Waals surface area contributed by atoms with E-state index in [4.69, 9.17) is 0 Å². The highest BCUT2D eigenvalue weighted by atomic mass is 16.1. The molecule has 3 heterocycles. The third kappa shape index (κ3) is 3.91. The van der Waals surface area contributed by atoms with Crippen molar-refractivity contribution in [2.24, 2.45) is 0 Å². The number of imidazole rings is 2. The Balaban J connectivity index is 1.38. The minimum atomic E-state index is -0.264. The first-order chi connectivity index (χ1) is 15.7. The van der Waals surface area contributed by atoms with Crippen LogP contribution in [0.3, 0.4) is 0 Å². The number of aromatic amines is 1. The van der Waals surface area contributed by atoms with Gasteiger partial charge < -0.3 is 15.6 Å². The molecule has 0 bridgehead atoms. The number of carbonyl (C=O) groups excluding carboxylic acids is 1. The summed E-state index contributed by atoms with van der Waals surface area (Å²) in [5, 5.41) is 6.18. The lowest BCUT2D eigenvalue weighted by molar-refractivity contribution is 0.102. The number of nitrogens with one attached hydrogen (secondary N) is 3. The fraction of sp³-hybridized carbons (Fsp3) is 0.0870. The number of aromatic nitrogens is 6. The molecule has 9 nitrogen and oxygen atoms in total.